The van der Waals surface area contributed by atoms with Crippen LogP contribution in [0.4, 0.5) is 0 Å². The molecule has 0 aliphatic carbocycles. The van der Waals surface area contributed by atoms with Gasteiger partial charge in [0.1, 0.15) is 0 Å². The van der Waals surface area contributed by atoms with Gasteiger partial charge in [0.15, 0.2) is 0 Å². The first-order valence-electron chi connectivity index (χ1n) is 4.86. The molecule has 82 valence electrons. The monoisotopic (exact) mass is 254 g/mol. The summed E-state index contributed by atoms with van der Waals surface area (Å²) in [7, 11) is 0. The second kappa shape index (κ2) is 7.62. The fourth-order valence-electron chi connectivity index (χ4n) is 1.10. The Balaban J connectivity index is 4.59. The maximum absolute atomic E-state index is 6.10. The lowest BCUT2D eigenvalue weighted by Crippen LogP contribution is -1.99. The van der Waals surface area contributed by atoms with Gasteiger partial charge in [-0.2, -0.15) is 0 Å². The molecule has 1 unspecified atom stereocenters. The molecule has 0 rings (SSSR count). The van der Waals surface area contributed by atoms with Gasteiger partial charge in [-0.3, -0.25) is 0 Å². The van der Waals surface area contributed by atoms with Gasteiger partial charge < -0.3 is 0 Å². The highest BCUT2D eigenvalue weighted by Crippen LogP contribution is 2.24. The third-order valence-electron chi connectivity index (χ3n) is 2.00. The van der Waals surface area contributed by atoms with Gasteiger partial charge in [0.2, 0.25) is 0 Å². The standard InChI is InChI=1S/C11H17Cl3/c1-4-9(7-10(13)5-2)11(14)6-8(3)12/h6,10H,4-5,7H2,1-3H3. The van der Waals surface area contributed by atoms with Crippen LogP contribution in [0.3, 0.4) is 0 Å². The zero-order valence-electron chi connectivity index (χ0n) is 8.91. The first-order chi connectivity index (χ1) is 6.51. The van der Waals surface area contributed by atoms with Crippen LogP contribution in [0.25, 0.3) is 0 Å². The van der Waals surface area contributed by atoms with E-state index in [0.717, 1.165) is 24.3 Å². The van der Waals surface area contributed by atoms with Crippen LogP contribution >= 0.6 is 34.8 Å². The van der Waals surface area contributed by atoms with Crippen molar-refractivity contribution in [2.45, 2.75) is 45.4 Å². The zero-order valence-corrected chi connectivity index (χ0v) is 11.2. The van der Waals surface area contributed by atoms with Crippen LogP contribution in [-0.2, 0) is 0 Å². The highest BCUT2D eigenvalue weighted by molar-refractivity contribution is 6.34. The van der Waals surface area contributed by atoms with Crippen LogP contribution in [-0.4, -0.2) is 5.38 Å². The molecular weight excluding hydrogens is 238 g/mol. The molecule has 0 aromatic carbocycles. The van der Waals surface area contributed by atoms with E-state index in [-0.39, 0.29) is 5.38 Å². The number of hydrogen-bond donors (Lipinski definition) is 0. The SMILES string of the molecule is CCC(CC(Cl)CC)=C(Cl)C=C(C)Cl. The van der Waals surface area contributed by atoms with Gasteiger partial charge in [-0.05, 0) is 32.3 Å². The number of alkyl halides is 1. The fourth-order valence-corrected chi connectivity index (χ4v) is 1.82. The Morgan fingerprint density at radius 2 is 1.86 bits per heavy atom. The summed E-state index contributed by atoms with van der Waals surface area (Å²) in [5.41, 5.74) is 1.17. The van der Waals surface area contributed by atoms with E-state index in [1.54, 1.807) is 6.08 Å². The lowest BCUT2D eigenvalue weighted by Gasteiger charge is -2.10. The van der Waals surface area contributed by atoms with Crippen LogP contribution in [0.1, 0.15) is 40.0 Å². The molecule has 0 aliphatic heterocycles. The van der Waals surface area contributed by atoms with Crippen molar-refractivity contribution < 1.29 is 0 Å². The maximum Gasteiger partial charge on any atom is 0.0409 e. The van der Waals surface area contributed by atoms with Crippen molar-refractivity contribution in [2.75, 3.05) is 0 Å². The molecule has 0 amide bonds. The van der Waals surface area contributed by atoms with Crippen molar-refractivity contribution in [3.8, 4) is 0 Å². The largest absolute Gasteiger partial charge is 0.123 e. The average Bonchev–Trinajstić information content (AvgIpc) is 2.12. The normalized spacial score (nSPS) is 16.6. The van der Waals surface area contributed by atoms with E-state index in [0.29, 0.717) is 5.03 Å². The Bertz CT molecular complexity index is 225. The van der Waals surface area contributed by atoms with Crippen molar-refractivity contribution in [2.24, 2.45) is 0 Å². The molecule has 0 N–H and O–H groups in total. The molecule has 0 fully saturated rings. The van der Waals surface area contributed by atoms with E-state index < -0.39 is 0 Å². The lowest BCUT2D eigenvalue weighted by atomic mass is 10.1. The minimum atomic E-state index is 0.169. The van der Waals surface area contributed by atoms with E-state index in [1.165, 1.54) is 5.57 Å². The summed E-state index contributed by atoms with van der Waals surface area (Å²) in [5, 5.41) is 1.60. The van der Waals surface area contributed by atoms with Crippen molar-refractivity contribution >= 4 is 34.8 Å². The maximum atomic E-state index is 6.10. The second-order valence-corrected chi connectivity index (χ2v) is 4.87. The van der Waals surface area contributed by atoms with Crippen molar-refractivity contribution in [1.82, 2.24) is 0 Å². The van der Waals surface area contributed by atoms with Gasteiger partial charge in [-0.15, -0.1) is 11.6 Å². The molecule has 0 heterocycles. The summed E-state index contributed by atoms with van der Waals surface area (Å²) in [6.45, 7) is 5.96. The molecule has 0 nitrogen and oxygen atoms in total. The highest BCUT2D eigenvalue weighted by atomic mass is 35.5. The molecular formula is C11H17Cl3. The first kappa shape index (κ1) is 14.3. The van der Waals surface area contributed by atoms with E-state index in [1.807, 2.05) is 6.92 Å². The van der Waals surface area contributed by atoms with E-state index in [9.17, 15) is 0 Å². The minimum Gasteiger partial charge on any atom is -0.123 e. The number of halogens is 3. The Kier molecular flexibility index (Phi) is 7.81. The van der Waals surface area contributed by atoms with Crippen LogP contribution in [0.15, 0.2) is 21.7 Å². The summed E-state index contributed by atoms with van der Waals surface area (Å²) in [6, 6.07) is 0. The van der Waals surface area contributed by atoms with E-state index >= 15 is 0 Å². The molecule has 0 aromatic rings. The molecule has 0 aromatic heterocycles. The molecule has 1 atom stereocenters. The van der Waals surface area contributed by atoms with Crippen LogP contribution < -0.4 is 0 Å². The molecule has 0 radical (unpaired) electrons. The second-order valence-electron chi connectivity index (χ2n) is 3.25. The summed E-state index contributed by atoms with van der Waals surface area (Å²) >= 11 is 17.9. The third kappa shape index (κ3) is 5.95. The van der Waals surface area contributed by atoms with Crippen molar-refractivity contribution in [3.63, 3.8) is 0 Å². The molecule has 0 saturated carbocycles. The molecule has 0 saturated heterocycles. The van der Waals surface area contributed by atoms with E-state index in [2.05, 4.69) is 13.8 Å². The van der Waals surface area contributed by atoms with Gasteiger partial charge in [-0.1, -0.05) is 42.6 Å². The molecule has 14 heavy (non-hydrogen) atoms. The summed E-state index contributed by atoms with van der Waals surface area (Å²) in [6.07, 6.45) is 4.50. The van der Waals surface area contributed by atoms with Crippen LogP contribution in [0.5, 0.6) is 0 Å². The first-order valence-corrected chi connectivity index (χ1v) is 6.05. The highest BCUT2D eigenvalue weighted by Gasteiger charge is 2.07. The minimum absolute atomic E-state index is 0.169. The summed E-state index contributed by atoms with van der Waals surface area (Å²) < 4.78 is 0. The number of rotatable bonds is 5. The molecule has 0 bridgehead atoms. The van der Waals surface area contributed by atoms with Gasteiger partial charge >= 0.3 is 0 Å². The zero-order chi connectivity index (χ0) is 11.1. The smallest absolute Gasteiger partial charge is 0.0409 e. The van der Waals surface area contributed by atoms with Crippen LogP contribution in [0.2, 0.25) is 0 Å². The number of hydrogen-bond acceptors (Lipinski definition) is 0. The summed E-state index contributed by atoms with van der Waals surface area (Å²) in [5.74, 6) is 0. The lowest BCUT2D eigenvalue weighted by molar-refractivity contribution is 0.774. The van der Waals surface area contributed by atoms with E-state index in [4.69, 9.17) is 34.8 Å². The Hall–Kier alpha value is 0.350. The van der Waals surface area contributed by atoms with Crippen LogP contribution in [0, 0.1) is 0 Å². The van der Waals surface area contributed by atoms with Gasteiger partial charge in [0, 0.05) is 15.4 Å². The van der Waals surface area contributed by atoms with Crippen molar-refractivity contribution in [3.05, 3.63) is 21.7 Å². The topological polar surface area (TPSA) is 0 Å². The Labute approximate surface area is 102 Å². The predicted molar refractivity (Wildman–Crippen MR) is 67.3 cm³/mol. The Morgan fingerprint density at radius 3 is 2.21 bits per heavy atom. The quantitative estimate of drug-likeness (QED) is 0.453. The number of allylic oxidation sites excluding steroid dienone is 4. The van der Waals surface area contributed by atoms with Gasteiger partial charge in [0.25, 0.3) is 0 Å². The van der Waals surface area contributed by atoms with Crippen molar-refractivity contribution in [1.29, 1.82) is 0 Å². The van der Waals surface area contributed by atoms with Gasteiger partial charge in [0.05, 0.1) is 0 Å². The average molecular weight is 256 g/mol. The predicted octanol–water partition coefficient (Wildman–Crippen LogP) is 5.44. The Morgan fingerprint density at radius 1 is 1.29 bits per heavy atom. The molecule has 0 aliphatic rings. The molecule has 0 spiro atoms. The fraction of sp³-hybridized carbons (Fsp3) is 0.636. The third-order valence-corrected chi connectivity index (χ3v) is 2.95. The summed E-state index contributed by atoms with van der Waals surface area (Å²) in [4.78, 5) is 0. The van der Waals surface area contributed by atoms with Gasteiger partial charge in [-0.25, -0.2) is 0 Å². The molecule has 3 heteroatoms.